The zero-order chi connectivity index (χ0) is 94.8. The van der Waals surface area contributed by atoms with Crippen LogP contribution in [0.4, 0.5) is 0 Å². The van der Waals surface area contributed by atoms with Gasteiger partial charge in [-0.25, -0.2) is 47.9 Å². The fourth-order valence-electron chi connectivity index (χ4n) is 23.1. The summed E-state index contributed by atoms with van der Waals surface area (Å²) >= 11 is 0. The molecule has 3 N–H and O–H groups in total. The predicted octanol–water partition coefficient (Wildman–Crippen LogP) is 11.2. The highest BCUT2D eigenvalue weighted by Crippen LogP contribution is 2.77. The highest BCUT2D eigenvalue weighted by molar-refractivity contribution is 5.97. The zero-order valence-corrected chi connectivity index (χ0v) is 76.5. The van der Waals surface area contributed by atoms with Crippen LogP contribution in [-0.2, 0) is 143 Å². The third kappa shape index (κ3) is 15.5. The second-order valence-electron chi connectivity index (χ2n) is 40.0. The summed E-state index contributed by atoms with van der Waals surface area (Å²) in [6.45, 7) is 31.7. The Bertz CT molecular complexity index is 5640. The summed E-state index contributed by atoms with van der Waals surface area (Å²) < 4.78 is 98.3. The number of cyclic esters (lactones) is 5. The van der Waals surface area contributed by atoms with Crippen molar-refractivity contribution in [3.63, 3.8) is 0 Å². The van der Waals surface area contributed by atoms with Crippen LogP contribution in [0, 0.1) is 65.1 Å². The van der Waals surface area contributed by atoms with Crippen LogP contribution in [0.2, 0.25) is 0 Å². The van der Waals surface area contributed by atoms with Gasteiger partial charge in [-0.15, -0.1) is 0 Å². The molecule has 0 aromatic heterocycles. The van der Waals surface area contributed by atoms with Crippen molar-refractivity contribution in [1.82, 2.24) is 0 Å². The van der Waals surface area contributed by atoms with E-state index in [4.69, 9.17) is 85.3 Å². The van der Waals surface area contributed by atoms with E-state index in [1.165, 1.54) is 57.3 Å². The van der Waals surface area contributed by atoms with Gasteiger partial charge in [0.2, 0.25) is 0 Å². The Labute approximate surface area is 761 Å². The Morgan fingerprint density at radius 3 is 1.33 bits per heavy atom. The first kappa shape index (κ1) is 92.2. The van der Waals surface area contributed by atoms with Crippen molar-refractivity contribution in [1.29, 1.82) is 0 Å². The molecule has 0 spiro atoms. The monoisotopic (exact) mass is 1830 g/mol. The third-order valence-corrected chi connectivity index (χ3v) is 30.1. The fraction of sp³-hybridized carbons (Fsp3) is 0.556. The van der Waals surface area contributed by atoms with Crippen molar-refractivity contribution in [3.05, 3.63) is 186 Å². The average Bonchev–Trinajstić information content (AvgIpc) is 1.44. The van der Waals surface area contributed by atoms with Gasteiger partial charge in [-0.1, -0.05) is 73.6 Å². The summed E-state index contributed by atoms with van der Waals surface area (Å²) in [7, 11) is 0. The molecule has 3 saturated carbocycles. The smallest absolute Gasteiger partial charge is 0.338 e. The van der Waals surface area contributed by atoms with Crippen molar-refractivity contribution >= 4 is 71.6 Å². The van der Waals surface area contributed by atoms with Crippen LogP contribution in [0.25, 0.3) is 0 Å². The maximum absolute atomic E-state index is 12.7. The van der Waals surface area contributed by atoms with Crippen LogP contribution in [0.1, 0.15) is 215 Å². The number of ether oxygens (including phenoxy) is 18. The van der Waals surface area contributed by atoms with Crippen molar-refractivity contribution < 1.29 is 158 Å². The minimum absolute atomic E-state index is 0.0919. The maximum Gasteiger partial charge on any atom is 0.338 e. The van der Waals surface area contributed by atoms with E-state index in [2.05, 4.69) is 41.5 Å². The Kier molecular flexibility index (Phi) is 23.4. The first-order valence-corrected chi connectivity index (χ1v) is 44.9. The first-order chi connectivity index (χ1) is 62.2. The lowest BCUT2D eigenvalue weighted by atomic mass is 9.62. The summed E-state index contributed by atoms with van der Waals surface area (Å²) in [6, 6.07) is 3.82. The molecule has 21 rings (SSSR count). The number of fused-ring (bicyclic) bond motifs is 11. The van der Waals surface area contributed by atoms with Gasteiger partial charge in [0.25, 0.3) is 31.5 Å². The molecule has 132 heavy (non-hydrogen) atoms. The Hall–Kier alpha value is -11.7. The number of hydrogen-bond donors (Lipinski definition) is 3. The summed E-state index contributed by atoms with van der Waals surface area (Å²) in [5.74, 6) is -6.97. The second kappa shape index (κ2) is 33.5. The van der Waals surface area contributed by atoms with E-state index in [1.54, 1.807) is 52.8 Å². The normalized spacial score (nSPS) is 37.9. The van der Waals surface area contributed by atoms with E-state index in [1.807, 2.05) is 45.9 Å². The molecule has 0 bridgehead atoms. The van der Waals surface area contributed by atoms with Gasteiger partial charge in [-0.3, -0.25) is 9.59 Å². The molecule has 1 aromatic rings. The van der Waals surface area contributed by atoms with Crippen LogP contribution in [0.15, 0.2) is 163 Å². The highest BCUT2D eigenvalue weighted by Gasteiger charge is 2.92. The number of aryl methyl sites for hydroxylation is 1. The maximum atomic E-state index is 12.7. The first-order valence-electron chi connectivity index (χ1n) is 44.9. The molecule has 11 aliphatic heterocycles. The van der Waals surface area contributed by atoms with Gasteiger partial charge in [0, 0.05) is 100 Å². The molecule has 33 nitrogen and oxygen atoms in total. The van der Waals surface area contributed by atoms with Crippen LogP contribution in [0.5, 0.6) is 0 Å². The molecular formula is C99H110O33. The largest absolute Gasteiger partial charge is 0.459 e. The number of carbonyl (C=O) groups excluding carboxylic acids is 12. The number of aliphatic hydroxyl groups excluding tert-OH is 2. The van der Waals surface area contributed by atoms with Crippen molar-refractivity contribution in [2.24, 2.45) is 51.2 Å². The molecule has 9 fully saturated rings. The number of epoxide rings is 1. The minimum Gasteiger partial charge on any atom is -0.459 e. The average molecular weight is 1830 g/mol. The molecule has 6 saturated heterocycles. The molecule has 22 atom stereocenters. The highest BCUT2D eigenvalue weighted by atomic mass is 16.7. The Morgan fingerprint density at radius 2 is 0.848 bits per heavy atom. The van der Waals surface area contributed by atoms with Gasteiger partial charge in [0.05, 0.1) is 89.1 Å². The Morgan fingerprint density at radius 1 is 0.432 bits per heavy atom. The molecule has 33 heteroatoms. The zero-order valence-electron chi connectivity index (χ0n) is 76.5. The van der Waals surface area contributed by atoms with E-state index in [-0.39, 0.29) is 74.8 Å². The van der Waals surface area contributed by atoms with E-state index in [0.29, 0.717) is 57.4 Å². The Balaban J connectivity index is 0.000000115. The molecule has 11 heterocycles. The lowest BCUT2D eigenvalue weighted by Gasteiger charge is -2.48. The van der Waals surface area contributed by atoms with E-state index in [0.717, 1.165) is 114 Å². The number of carbonyl (C=O) groups is 12. The lowest BCUT2D eigenvalue weighted by Crippen LogP contribution is -2.55. The van der Waals surface area contributed by atoms with E-state index in [9.17, 15) is 72.9 Å². The van der Waals surface area contributed by atoms with Gasteiger partial charge in [0.1, 0.15) is 59.5 Å². The molecule has 0 amide bonds. The van der Waals surface area contributed by atoms with Crippen LogP contribution < -0.4 is 0 Å². The fourth-order valence-corrected chi connectivity index (χ4v) is 23.1. The summed E-state index contributed by atoms with van der Waals surface area (Å²) in [5.41, 5.74) is 9.66. The summed E-state index contributed by atoms with van der Waals surface area (Å²) in [5, 5.41) is 32.5. The molecular weight excluding hydrogens is 1720 g/mol. The molecule has 0 radical (unpaired) electrons. The number of rotatable bonds is 12. The van der Waals surface area contributed by atoms with Crippen LogP contribution in [-0.4, -0.2) is 178 Å². The van der Waals surface area contributed by atoms with Gasteiger partial charge >= 0.3 is 71.6 Å². The molecule has 704 valence electrons. The number of hydrogen-bond acceptors (Lipinski definition) is 33. The molecule has 20 aliphatic rings. The topological polar surface area (TPSA) is 435 Å². The number of aliphatic hydroxyl groups is 3. The molecule has 9 aliphatic carbocycles. The van der Waals surface area contributed by atoms with E-state index >= 15 is 0 Å². The van der Waals surface area contributed by atoms with Crippen molar-refractivity contribution in [2.45, 2.75) is 298 Å². The number of benzene rings is 1. The SMILES string of the molecule is CC(=O)O[C@@H]1[C@H]2/C(=C\O[C@H]3C=C(C)C(=O)O3)C(=O)O[C@H]2[C@]23O[C@]12CCCC3(C)C.CC(=O)O[C@H]1CCC(C)(C)C2=C1C[C@@H]1/C(=C\O[C@H]3C=C(C)C(=O)O3)C(=O)O[C@H]21.CC1=CC(O/C=C2/C(=O)O[C@@H]3c4c(ccc(C)c4C)[C@@H](O)[C@H]23)OC1=O.CC1=C[C@H](O/C=C2/C(=O)O[C@@H]3C4=C(C[C@H]23)[C@@H](O)CCC4(C)C)OC1=O.CC1=C[C@H](O/C=C2/C(=O)O[C@H]3[C@@H]2C=C2CCCC(C)(C)C23O)OC1=O. The van der Waals surface area contributed by atoms with Crippen LogP contribution >= 0.6 is 0 Å². The van der Waals surface area contributed by atoms with Gasteiger partial charge in [-0.2, -0.15) is 0 Å². The minimum atomic E-state index is -1.14. The van der Waals surface area contributed by atoms with Crippen LogP contribution in [0.3, 0.4) is 0 Å². The van der Waals surface area contributed by atoms with E-state index < -0.39 is 162 Å². The summed E-state index contributed by atoms with van der Waals surface area (Å²) in [6.07, 6.45) is 17.2. The van der Waals surface area contributed by atoms with Crippen molar-refractivity contribution in [3.8, 4) is 0 Å². The second-order valence-corrected chi connectivity index (χ2v) is 40.0. The predicted molar refractivity (Wildman–Crippen MR) is 452 cm³/mol. The lowest BCUT2D eigenvalue weighted by molar-refractivity contribution is -0.164. The van der Waals surface area contributed by atoms with Gasteiger partial charge in [0.15, 0.2) is 0 Å². The number of esters is 12. The quantitative estimate of drug-likeness (QED) is 0.0437. The summed E-state index contributed by atoms with van der Waals surface area (Å²) in [4.78, 5) is 143. The standard InChI is InChI=1S/C21H24O8.C21H24O7.C19H22O6.C19H18O6.C19H22O6/c1-10-8-13(27-17(10)23)25-9-12-14-15(26-11(2)22)20-7-5-6-19(3,4)21(20,29-20)16(14)28-18(12)24;1-10-7-16(27-19(10)23)25-9-14-12-8-13-15(26-11(2)22)5-6-21(3,4)17(13)18(12)28-20(14)24;1-9-6-14(24-17(9)21)23-8-12-10-7-11-13(20)4-5-19(2,3)15(11)16(10)25-18(12)22;1-8-4-5-11-14(10(8)3)17-15(16(11)20)12(19(22)25-17)7-23-13-6-9(2)18(21)24-13;1-10-7-14(24-16(10)20)23-9-13-12-8-11-5-4-6-18(2,3)19(11,22)15(12)25-17(13)21/h8-9,13-16H,5-7H2,1-4H3;7,9,12,15-16,18H,5-6,8H2,1-4H3;6,8,10,13-14,16,20H,4-5,7H2,1-3H3;4-7,13,15-17,20H,1-3H3;7-9,12,14-15,22H,4-6H2,1-3H3/b12-9+;14-9+;12-8+;12-7+;13-9+/t13-,14-,15-,16-,20-,21-;12-,15+,16-,18+;10-,13+,14-,16+;13?,15-,16+,17+;12-,14-,15+,19?/m11101/s1. The molecule has 1 aromatic carbocycles. The van der Waals surface area contributed by atoms with Gasteiger partial charge < -0.3 is 101 Å². The third-order valence-electron chi connectivity index (χ3n) is 30.1. The van der Waals surface area contributed by atoms with Crippen molar-refractivity contribution in [2.75, 3.05) is 0 Å². The van der Waals surface area contributed by atoms with Gasteiger partial charge in [-0.05, 0) is 181 Å². The molecule has 2 unspecified atom stereocenters.